The molecule has 0 bridgehead atoms. The lowest BCUT2D eigenvalue weighted by atomic mass is 9.99. The second-order valence-corrected chi connectivity index (χ2v) is 15.0. The molecule has 1 heterocycles. The van der Waals surface area contributed by atoms with Gasteiger partial charge in [0.15, 0.2) is 5.78 Å². The van der Waals surface area contributed by atoms with Crippen LogP contribution in [0.5, 0.6) is 11.5 Å². The van der Waals surface area contributed by atoms with Crippen LogP contribution in [0.15, 0.2) is 66.9 Å². The molecule has 0 saturated heterocycles. The predicted octanol–water partition coefficient (Wildman–Crippen LogP) is 12.7. The quantitative estimate of drug-likeness (QED) is 0.0303. The number of carbonyl (C=O) groups excluding carboxylic acids is 3. The van der Waals surface area contributed by atoms with Crippen LogP contribution in [0.1, 0.15) is 186 Å². The Morgan fingerprint density at radius 2 is 1.09 bits per heavy atom. The third-order valence-corrected chi connectivity index (χ3v) is 10.3. The number of unbranched alkanes of at least 4 members (excludes halogenated alkanes) is 15. The molecule has 1 aromatic heterocycles. The van der Waals surface area contributed by atoms with Gasteiger partial charge in [0.25, 0.3) is 0 Å². The first-order chi connectivity index (χ1) is 26.3. The van der Waals surface area contributed by atoms with E-state index in [1.165, 1.54) is 115 Å². The number of Topliss-reactive ketones (excluding diaryl/α,β-unsaturated/α-hetero) is 1. The Hall–Kier alpha value is -4.00. The molecular weight excluding hydrogens is 675 g/mol. The van der Waals surface area contributed by atoms with E-state index in [1.54, 1.807) is 60.7 Å². The number of hydrogen-bond acceptors (Lipinski definition) is 7. The Labute approximate surface area is 326 Å². The van der Waals surface area contributed by atoms with Gasteiger partial charge in [-0.15, -0.1) is 0 Å². The lowest BCUT2D eigenvalue weighted by molar-refractivity contribution is 0.0327. The van der Waals surface area contributed by atoms with Crippen molar-refractivity contribution in [1.29, 1.82) is 0 Å². The van der Waals surface area contributed by atoms with Gasteiger partial charge in [0.05, 0.1) is 18.3 Å². The molecule has 2 unspecified atom stereocenters. The van der Waals surface area contributed by atoms with Crippen LogP contribution in [0.3, 0.4) is 0 Å². The van der Waals surface area contributed by atoms with Crippen molar-refractivity contribution in [2.24, 2.45) is 5.92 Å². The number of ether oxygens (including phenoxy) is 3. The molecule has 296 valence electrons. The number of aromatic nitrogens is 1. The summed E-state index contributed by atoms with van der Waals surface area (Å²) in [4.78, 5) is 41.8. The zero-order valence-electron chi connectivity index (χ0n) is 33.8. The molecule has 7 heteroatoms. The van der Waals surface area contributed by atoms with Crippen LogP contribution in [0, 0.1) is 5.92 Å². The van der Waals surface area contributed by atoms with Crippen molar-refractivity contribution in [3.05, 3.63) is 89.2 Å². The van der Waals surface area contributed by atoms with Crippen LogP contribution in [0.2, 0.25) is 0 Å². The first-order valence-electron chi connectivity index (χ1n) is 21.0. The Balaban J connectivity index is 1.19. The molecule has 2 atom stereocenters. The Morgan fingerprint density at radius 3 is 1.61 bits per heavy atom. The van der Waals surface area contributed by atoms with Gasteiger partial charge in [0, 0.05) is 18.2 Å². The fraction of sp³-hybridized carbons (Fsp3) is 0.574. The number of esters is 2. The maximum atomic E-state index is 12.8. The minimum atomic E-state index is -0.479. The van der Waals surface area contributed by atoms with E-state index in [-0.39, 0.29) is 24.0 Å². The SMILES string of the molecule is CCC(C)CCCCCCCCCCCCCCCCCCOc1ccc(C(=O)Oc2ccc(C(=O)Cc3ccc(C(=O)OC(C)CC)nc3)cc2)cc1. The number of pyridine rings is 1. The summed E-state index contributed by atoms with van der Waals surface area (Å²) < 4.78 is 16.7. The van der Waals surface area contributed by atoms with E-state index < -0.39 is 11.9 Å². The molecule has 0 saturated carbocycles. The molecule has 0 aliphatic rings. The summed E-state index contributed by atoms with van der Waals surface area (Å²) in [5.41, 5.74) is 1.80. The summed E-state index contributed by atoms with van der Waals surface area (Å²) in [7, 11) is 0. The van der Waals surface area contributed by atoms with E-state index in [1.807, 2.05) is 13.8 Å². The minimum Gasteiger partial charge on any atom is -0.494 e. The van der Waals surface area contributed by atoms with Crippen molar-refractivity contribution in [3.63, 3.8) is 0 Å². The fourth-order valence-electron chi connectivity index (χ4n) is 6.29. The van der Waals surface area contributed by atoms with Crippen molar-refractivity contribution >= 4 is 17.7 Å². The molecule has 0 fully saturated rings. The minimum absolute atomic E-state index is 0.116. The Bertz CT molecular complexity index is 1470. The molecule has 54 heavy (non-hydrogen) atoms. The van der Waals surface area contributed by atoms with E-state index in [0.717, 1.165) is 24.5 Å². The van der Waals surface area contributed by atoms with Gasteiger partial charge in [-0.2, -0.15) is 0 Å². The first-order valence-corrected chi connectivity index (χ1v) is 21.0. The molecule has 0 amide bonds. The summed E-state index contributed by atoms with van der Waals surface area (Å²) in [5, 5.41) is 0. The van der Waals surface area contributed by atoms with Crippen LogP contribution in [0.4, 0.5) is 0 Å². The number of carbonyl (C=O) groups is 3. The molecule has 0 aliphatic carbocycles. The van der Waals surface area contributed by atoms with Gasteiger partial charge in [0.2, 0.25) is 0 Å². The fourth-order valence-corrected chi connectivity index (χ4v) is 6.29. The van der Waals surface area contributed by atoms with Gasteiger partial charge < -0.3 is 14.2 Å². The highest BCUT2D eigenvalue weighted by Crippen LogP contribution is 2.20. The van der Waals surface area contributed by atoms with Crippen molar-refractivity contribution in [3.8, 4) is 11.5 Å². The van der Waals surface area contributed by atoms with Crippen molar-refractivity contribution in [1.82, 2.24) is 4.98 Å². The molecule has 0 aliphatic heterocycles. The summed E-state index contributed by atoms with van der Waals surface area (Å²) in [5.74, 6) is 0.921. The maximum absolute atomic E-state index is 12.8. The standard InChI is InChI=1S/C47H67NO6/c1-5-37(3)23-21-19-17-15-13-11-9-7-8-10-12-14-16-18-20-22-34-52-42-29-27-41(28-30-42)46(50)54-43-31-25-40(26-32-43)45(49)35-39-24-33-44(48-36-39)47(51)53-38(4)6-2/h24-33,36-38H,5-23,34-35H2,1-4H3. The second kappa shape index (κ2) is 26.7. The van der Waals surface area contributed by atoms with E-state index in [0.29, 0.717) is 29.0 Å². The number of benzene rings is 2. The number of rotatable bonds is 29. The molecule has 0 radical (unpaired) electrons. The van der Waals surface area contributed by atoms with Gasteiger partial charge in [-0.25, -0.2) is 14.6 Å². The predicted molar refractivity (Wildman–Crippen MR) is 219 cm³/mol. The molecular formula is C47H67NO6. The zero-order chi connectivity index (χ0) is 38.8. The normalized spacial score (nSPS) is 12.2. The van der Waals surface area contributed by atoms with Crippen LogP contribution in [-0.2, 0) is 11.2 Å². The Morgan fingerprint density at radius 1 is 0.574 bits per heavy atom. The summed E-state index contributed by atoms with van der Waals surface area (Å²) in [6.45, 7) is 9.11. The van der Waals surface area contributed by atoms with Gasteiger partial charge in [0.1, 0.15) is 17.2 Å². The van der Waals surface area contributed by atoms with Crippen LogP contribution in [0.25, 0.3) is 0 Å². The van der Waals surface area contributed by atoms with Gasteiger partial charge >= 0.3 is 11.9 Å². The highest BCUT2D eigenvalue weighted by Gasteiger charge is 2.14. The third-order valence-electron chi connectivity index (χ3n) is 10.3. The number of ketones is 1. The Kier molecular flexibility index (Phi) is 22.0. The molecule has 7 nitrogen and oxygen atoms in total. The average Bonchev–Trinajstić information content (AvgIpc) is 3.19. The molecule has 3 aromatic rings. The average molecular weight is 742 g/mol. The van der Waals surface area contributed by atoms with Crippen molar-refractivity contribution in [2.75, 3.05) is 6.61 Å². The lowest BCUT2D eigenvalue weighted by Gasteiger charge is -2.10. The molecule has 0 N–H and O–H groups in total. The second-order valence-electron chi connectivity index (χ2n) is 15.0. The summed E-state index contributed by atoms with van der Waals surface area (Å²) in [6, 6.07) is 16.7. The monoisotopic (exact) mass is 741 g/mol. The highest BCUT2D eigenvalue weighted by atomic mass is 16.5. The van der Waals surface area contributed by atoms with Crippen molar-refractivity contribution < 1.29 is 28.6 Å². The summed E-state index contributed by atoms with van der Waals surface area (Å²) in [6.07, 6.45) is 26.5. The van der Waals surface area contributed by atoms with Crippen LogP contribution < -0.4 is 9.47 Å². The largest absolute Gasteiger partial charge is 0.494 e. The third kappa shape index (κ3) is 18.4. The van der Waals surface area contributed by atoms with Crippen LogP contribution >= 0.6 is 0 Å². The van der Waals surface area contributed by atoms with E-state index in [2.05, 4.69) is 18.8 Å². The van der Waals surface area contributed by atoms with Gasteiger partial charge in [-0.05, 0) is 85.8 Å². The van der Waals surface area contributed by atoms with Gasteiger partial charge in [-0.3, -0.25) is 4.79 Å². The lowest BCUT2D eigenvalue weighted by Crippen LogP contribution is -2.15. The first kappa shape index (κ1) is 44.4. The van der Waals surface area contributed by atoms with Crippen molar-refractivity contribution in [2.45, 2.75) is 162 Å². The van der Waals surface area contributed by atoms with E-state index >= 15 is 0 Å². The number of hydrogen-bond donors (Lipinski definition) is 0. The highest BCUT2D eigenvalue weighted by molar-refractivity contribution is 5.98. The zero-order valence-corrected chi connectivity index (χ0v) is 33.8. The summed E-state index contributed by atoms with van der Waals surface area (Å²) >= 11 is 0. The van der Waals surface area contributed by atoms with E-state index in [4.69, 9.17) is 14.2 Å². The number of nitrogens with zero attached hydrogens (tertiary/aromatic N) is 1. The smallest absolute Gasteiger partial charge is 0.357 e. The molecule has 3 rings (SSSR count). The molecule has 2 aromatic carbocycles. The van der Waals surface area contributed by atoms with Crippen LogP contribution in [-0.4, -0.2) is 35.4 Å². The van der Waals surface area contributed by atoms with Gasteiger partial charge in [-0.1, -0.05) is 136 Å². The molecule has 0 spiro atoms. The topological polar surface area (TPSA) is 91.8 Å². The maximum Gasteiger partial charge on any atom is 0.357 e. The van der Waals surface area contributed by atoms with E-state index in [9.17, 15) is 14.4 Å².